The summed E-state index contributed by atoms with van der Waals surface area (Å²) in [6.07, 6.45) is 5.32. The maximum absolute atomic E-state index is 12.1. The van der Waals surface area contributed by atoms with Gasteiger partial charge in [-0.3, -0.25) is 14.5 Å². The number of amides is 2. The first kappa shape index (κ1) is 12.9. The summed E-state index contributed by atoms with van der Waals surface area (Å²) < 4.78 is 1.86. The van der Waals surface area contributed by atoms with Gasteiger partial charge < -0.3 is 10.1 Å². The molecule has 1 aliphatic heterocycles. The lowest BCUT2D eigenvalue weighted by molar-refractivity contribution is -0.122. The van der Waals surface area contributed by atoms with E-state index in [4.69, 9.17) is 5.73 Å². The van der Waals surface area contributed by atoms with Gasteiger partial charge in [0.25, 0.3) is 11.1 Å². The van der Waals surface area contributed by atoms with Gasteiger partial charge in [-0.1, -0.05) is 6.07 Å². The lowest BCUT2D eigenvalue weighted by atomic mass is 10.3. The maximum Gasteiger partial charge on any atom is 0.293 e. The molecule has 0 bridgehead atoms. The lowest BCUT2D eigenvalue weighted by Crippen LogP contribution is -2.33. The van der Waals surface area contributed by atoms with Crippen LogP contribution in [0.4, 0.5) is 4.79 Å². The van der Waals surface area contributed by atoms with Crippen LogP contribution in [0.15, 0.2) is 35.5 Å². The Labute approximate surface area is 119 Å². The second kappa shape index (κ2) is 5.10. The summed E-state index contributed by atoms with van der Waals surface area (Å²) >= 11 is 0.920. The number of hydrogen-bond donors (Lipinski definition) is 1. The monoisotopic (exact) mass is 288 g/mol. The molecule has 1 fully saturated rings. The quantitative estimate of drug-likeness (QED) is 0.862. The van der Waals surface area contributed by atoms with Crippen molar-refractivity contribution in [3.05, 3.63) is 41.2 Å². The van der Waals surface area contributed by atoms with E-state index in [0.717, 1.165) is 22.3 Å². The molecule has 102 valence electrons. The van der Waals surface area contributed by atoms with E-state index in [1.54, 1.807) is 6.08 Å². The summed E-state index contributed by atoms with van der Waals surface area (Å²) in [5.41, 5.74) is 6.83. The molecule has 1 aliphatic rings. The second-order valence-corrected chi connectivity index (χ2v) is 5.25. The molecule has 0 saturated carbocycles. The minimum Gasteiger partial charge on any atom is -0.329 e. The zero-order chi connectivity index (χ0) is 14.1. The molecular formula is C13H12N4O2S. The summed E-state index contributed by atoms with van der Waals surface area (Å²) in [6.45, 7) is 0.507. The Balaban J connectivity index is 1.92. The van der Waals surface area contributed by atoms with Crippen LogP contribution in [0, 0.1) is 0 Å². The number of imide groups is 1. The lowest BCUT2D eigenvalue weighted by Gasteiger charge is -2.09. The number of aromatic nitrogens is 2. The molecular weight excluding hydrogens is 276 g/mol. The molecule has 2 amide bonds. The van der Waals surface area contributed by atoms with Crippen molar-refractivity contribution >= 4 is 34.6 Å². The average Bonchev–Trinajstić information content (AvgIpc) is 2.95. The molecule has 2 N–H and O–H groups in total. The minimum absolute atomic E-state index is 0.243. The summed E-state index contributed by atoms with van der Waals surface area (Å²) in [5.74, 6) is -0.303. The Bertz CT molecular complexity index is 689. The molecule has 0 aliphatic carbocycles. The highest BCUT2D eigenvalue weighted by atomic mass is 32.2. The van der Waals surface area contributed by atoms with Crippen molar-refractivity contribution < 1.29 is 9.59 Å². The van der Waals surface area contributed by atoms with E-state index in [1.807, 2.05) is 35.0 Å². The minimum atomic E-state index is -0.303. The number of imidazole rings is 1. The summed E-state index contributed by atoms with van der Waals surface area (Å²) in [7, 11) is 0. The molecule has 3 heterocycles. The van der Waals surface area contributed by atoms with Crippen molar-refractivity contribution in [1.82, 2.24) is 14.3 Å². The molecule has 1 saturated heterocycles. The Kier molecular flexibility index (Phi) is 3.29. The Morgan fingerprint density at radius 1 is 1.35 bits per heavy atom. The number of nitrogens with two attached hydrogens (primary N) is 1. The van der Waals surface area contributed by atoms with Crippen LogP contribution in [0.2, 0.25) is 0 Å². The first-order valence-electron chi connectivity index (χ1n) is 6.08. The maximum atomic E-state index is 12.1. The fraction of sp³-hybridized carbons (Fsp3) is 0.154. The molecule has 0 spiro atoms. The van der Waals surface area contributed by atoms with Gasteiger partial charge in [0.1, 0.15) is 5.65 Å². The third kappa shape index (κ3) is 2.21. The number of rotatable bonds is 3. The standard InChI is InChI=1S/C13H12N4O2S/c14-4-6-17-12(18)10(20-13(17)19)7-9-8-16-5-2-1-3-11(16)15-9/h1-3,5,7-8H,4,6,14H2. The number of hydrogen-bond acceptors (Lipinski definition) is 5. The fourth-order valence-corrected chi connectivity index (χ4v) is 2.83. The smallest absolute Gasteiger partial charge is 0.293 e. The molecule has 0 aromatic carbocycles. The highest BCUT2D eigenvalue weighted by Gasteiger charge is 2.34. The average molecular weight is 288 g/mol. The molecule has 0 unspecified atom stereocenters. The molecule has 2 aromatic heterocycles. The SMILES string of the molecule is NCCN1C(=O)SC(=Cc2cn3ccccc3n2)C1=O. The summed E-state index contributed by atoms with van der Waals surface area (Å²) in [6, 6.07) is 5.66. The molecule has 6 nitrogen and oxygen atoms in total. The van der Waals surface area contributed by atoms with Crippen molar-refractivity contribution in [3.63, 3.8) is 0 Å². The molecule has 0 atom stereocenters. The van der Waals surface area contributed by atoms with Gasteiger partial charge in [-0.05, 0) is 30.0 Å². The molecule has 2 aromatic rings. The number of carbonyl (C=O) groups excluding carboxylic acids is 2. The third-order valence-corrected chi connectivity index (χ3v) is 3.80. The number of nitrogens with zero attached hydrogens (tertiary/aromatic N) is 3. The Morgan fingerprint density at radius 3 is 2.95 bits per heavy atom. The molecule has 0 radical (unpaired) electrons. The molecule has 20 heavy (non-hydrogen) atoms. The molecule has 3 rings (SSSR count). The van der Waals surface area contributed by atoms with Crippen LogP contribution >= 0.6 is 11.8 Å². The number of carbonyl (C=O) groups is 2. The summed E-state index contributed by atoms with van der Waals surface area (Å²) in [5, 5.41) is -0.282. The van der Waals surface area contributed by atoms with Gasteiger partial charge in [0.15, 0.2) is 0 Å². The van der Waals surface area contributed by atoms with Crippen molar-refractivity contribution in [3.8, 4) is 0 Å². The van der Waals surface area contributed by atoms with E-state index in [9.17, 15) is 9.59 Å². The Morgan fingerprint density at radius 2 is 2.20 bits per heavy atom. The molecule has 7 heteroatoms. The van der Waals surface area contributed by atoms with Gasteiger partial charge in [-0.2, -0.15) is 0 Å². The van der Waals surface area contributed by atoms with Crippen LogP contribution in [0.1, 0.15) is 5.69 Å². The Hall–Kier alpha value is -2.12. The van der Waals surface area contributed by atoms with Crippen LogP contribution in [-0.2, 0) is 4.79 Å². The van der Waals surface area contributed by atoms with E-state index in [2.05, 4.69) is 4.98 Å². The van der Waals surface area contributed by atoms with Gasteiger partial charge >= 0.3 is 0 Å². The van der Waals surface area contributed by atoms with Gasteiger partial charge in [0, 0.05) is 25.5 Å². The predicted octanol–water partition coefficient (Wildman–Crippen LogP) is 1.33. The van der Waals surface area contributed by atoms with Crippen LogP contribution in [-0.4, -0.2) is 38.5 Å². The van der Waals surface area contributed by atoms with Crippen LogP contribution < -0.4 is 5.73 Å². The normalized spacial score (nSPS) is 17.6. The van der Waals surface area contributed by atoms with Crippen LogP contribution in [0.3, 0.4) is 0 Å². The first-order chi connectivity index (χ1) is 9.69. The van der Waals surface area contributed by atoms with Crippen LogP contribution in [0.25, 0.3) is 11.7 Å². The van der Waals surface area contributed by atoms with Gasteiger partial charge in [-0.15, -0.1) is 0 Å². The summed E-state index contributed by atoms with van der Waals surface area (Å²) in [4.78, 5) is 29.7. The second-order valence-electron chi connectivity index (χ2n) is 4.25. The van der Waals surface area contributed by atoms with Gasteiger partial charge in [0.2, 0.25) is 0 Å². The highest BCUT2D eigenvalue weighted by Crippen LogP contribution is 2.31. The largest absolute Gasteiger partial charge is 0.329 e. The van der Waals surface area contributed by atoms with Crippen LogP contribution in [0.5, 0.6) is 0 Å². The van der Waals surface area contributed by atoms with E-state index in [-0.39, 0.29) is 24.2 Å². The third-order valence-electron chi connectivity index (χ3n) is 2.89. The van der Waals surface area contributed by atoms with E-state index < -0.39 is 0 Å². The van der Waals surface area contributed by atoms with Gasteiger partial charge in [0.05, 0.1) is 10.6 Å². The number of thioether (sulfide) groups is 1. The van der Waals surface area contributed by atoms with Crippen molar-refractivity contribution in [2.45, 2.75) is 0 Å². The zero-order valence-corrected chi connectivity index (χ0v) is 11.3. The van der Waals surface area contributed by atoms with Crippen molar-refractivity contribution in [2.24, 2.45) is 5.73 Å². The highest BCUT2D eigenvalue weighted by molar-refractivity contribution is 8.18. The topological polar surface area (TPSA) is 80.7 Å². The zero-order valence-electron chi connectivity index (χ0n) is 10.5. The van der Waals surface area contributed by atoms with Crippen molar-refractivity contribution in [1.29, 1.82) is 0 Å². The first-order valence-corrected chi connectivity index (χ1v) is 6.90. The number of pyridine rings is 1. The predicted molar refractivity (Wildman–Crippen MR) is 76.9 cm³/mol. The van der Waals surface area contributed by atoms with E-state index in [1.165, 1.54) is 0 Å². The number of fused-ring (bicyclic) bond motifs is 1. The van der Waals surface area contributed by atoms with Crippen molar-refractivity contribution in [2.75, 3.05) is 13.1 Å². The van der Waals surface area contributed by atoms with E-state index >= 15 is 0 Å². The fourth-order valence-electron chi connectivity index (χ4n) is 1.98. The van der Waals surface area contributed by atoms with E-state index in [0.29, 0.717) is 10.6 Å². The van der Waals surface area contributed by atoms with Gasteiger partial charge in [-0.25, -0.2) is 4.98 Å².